The number of aromatic hydroxyl groups is 1. The molecule has 5 atom stereocenters. The fourth-order valence-corrected chi connectivity index (χ4v) is 6.65. The van der Waals surface area contributed by atoms with Crippen molar-refractivity contribution in [2.45, 2.75) is 57.8 Å². The van der Waals surface area contributed by atoms with Gasteiger partial charge >= 0.3 is 0 Å². The van der Waals surface area contributed by atoms with E-state index in [0.29, 0.717) is 29.3 Å². The van der Waals surface area contributed by atoms with Gasteiger partial charge in [0.25, 0.3) is 5.91 Å². The van der Waals surface area contributed by atoms with E-state index in [1.165, 1.54) is 18.1 Å². The van der Waals surface area contributed by atoms with Crippen LogP contribution in [0.4, 0.5) is 0 Å². The number of carbonyl (C=O) groups is 3. The highest BCUT2D eigenvalue weighted by Gasteiger charge is 2.64. The number of ketones is 2. The Labute approximate surface area is 233 Å². The third-order valence-electron chi connectivity index (χ3n) is 9.03. The van der Waals surface area contributed by atoms with Crippen LogP contribution in [0.25, 0.3) is 5.76 Å². The van der Waals surface area contributed by atoms with Gasteiger partial charge in [0.2, 0.25) is 5.78 Å². The summed E-state index contributed by atoms with van der Waals surface area (Å²) in [6.45, 7) is 6.79. The molecule has 1 aromatic rings. The lowest BCUT2D eigenvalue weighted by molar-refractivity contribution is -0.153. The van der Waals surface area contributed by atoms with Crippen LogP contribution in [0.3, 0.4) is 0 Å². The second kappa shape index (κ2) is 10.2. The molecular formula is C29H39N3O8. The van der Waals surface area contributed by atoms with Gasteiger partial charge in [-0.2, -0.15) is 0 Å². The molecule has 1 saturated carbocycles. The first-order valence-corrected chi connectivity index (χ1v) is 13.4. The zero-order valence-electron chi connectivity index (χ0n) is 24.0. The Morgan fingerprint density at radius 3 is 2.33 bits per heavy atom. The summed E-state index contributed by atoms with van der Waals surface area (Å²) in [6, 6.07) is 0.590. The smallest absolute Gasteiger partial charge is 0.255 e. The van der Waals surface area contributed by atoms with Gasteiger partial charge in [0, 0.05) is 35.2 Å². The Bertz CT molecular complexity index is 1350. The molecule has 40 heavy (non-hydrogen) atoms. The van der Waals surface area contributed by atoms with Crippen LogP contribution in [0.2, 0.25) is 0 Å². The number of aliphatic hydroxyl groups excluding tert-OH is 2. The second-order valence-electron chi connectivity index (χ2n) is 11.8. The third-order valence-corrected chi connectivity index (χ3v) is 9.03. The highest BCUT2D eigenvalue weighted by atomic mass is 16.5. The molecule has 3 aliphatic rings. The largest absolute Gasteiger partial charge is 0.508 e. The number of nitrogens with zero attached hydrogens (tertiary/aromatic N) is 2. The minimum absolute atomic E-state index is 0.0106. The molecule has 0 saturated heterocycles. The number of primary amides is 1. The maximum absolute atomic E-state index is 13.9. The quantitative estimate of drug-likeness (QED) is 0.309. The number of aliphatic hydroxyl groups is 3. The number of fused-ring (bicyclic) bond motifs is 3. The molecular weight excluding hydrogens is 518 g/mol. The molecule has 1 amide bonds. The molecule has 0 aliphatic heterocycles. The summed E-state index contributed by atoms with van der Waals surface area (Å²) >= 11 is 0. The summed E-state index contributed by atoms with van der Waals surface area (Å²) in [5.41, 5.74) is 2.89. The van der Waals surface area contributed by atoms with Crippen LogP contribution in [-0.2, 0) is 27.3 Å². The number of benzene rings is 1. The van der Waals surface area contributed by atoms with Gasteiger partial charge in [0.05, 0.1) is 18.7 Å². The van der Waals surface area contributed by atoms with E-state index in [4.69, 9.17) is 10.5 Å². The number of likely N-dealkylation sites (N-methyl/N-ethyl adjacent to an activating group) is 1. The average Bonchev–Trinajstić information content (AvgIpc) is 2.85. The molecule has 0 heterocycles. The first-order valence-electron chi connectivity index (χ1n) is 13.4. The monoisotopic (exact) mass is 557 g/mol. The minimum Gasteiger partial charge on any atom is -0.508 e. The molecule has 11 nitrogen and oxygen atoms in total. The number of hydrogen-bond donors (Lipinski definition) is 5. The van der Waals surface area contributed by atoms with Crippen LogP contribution < -0.4 is 10.5 Å². The molecule has 1 aromatic carbocycles. The first kappa shape index (κ1) is 29.6. The molecule has 0 unspecified atom stereocenters. The average molecular weight is 558 g/mol. The standard InChI is InChI=1S/C29H39N3O8/c1-12(2)13(3)32(6)11-15-10-18(33)20-16(25(15)40-7)8-14-9-17-22(31(4)5)24(35)21(28(30)38)27(37)29(17,39)26(36)19(14)23(20)34/h10,12-14,17,22,33-34,37,39H,8-9,11H2,1-7H3,(H2,30,38)/t13-,14+,17+,22+,29+/m1/s1. The van der Waals surface area contributed by atoms with Gasteiger partial charge in [-0.1, -0.05) is 13.8 Å². The highest BCUT2D eigenvalue weighted by Crippen LogP contribution is 2.54. The Hall–Kier alpha value is -3.41. The topological polar surface area (TPSA) is 174 Å². The van der Waals surface area contributed by atoms with Gasteiger partial charge in [-0.3, -0.25) is 24.2 Å². The molecule has 1 fully saturated rings. The van der Waals surface area contributed by atoms with Crippen molar-refractivity contribution in [1.29, 1.82) is 0 Å². The zero-order valence-corrected chi connectivity index (χ0v) is 24.0. The number of rotatable bonds is 7. The number of methoxy groups -OCH3 is 1. The Morgan fingerprint density at radius 2 is 1.80 bits per heavy atom. The van der Waals surface area contributed by atoms with Crippen molar-refractivity contribution in [2.75, 3.05) is 28.3 Å². The summed E-state index contributed by atoms with van der Waals surface area (Å²) in [5.74, 6) is -5.95. The Kier molecular flexibility index (Phi) is 7.55. The van der Waals surface area contributed by atoms with Crippen molar-refractivity contribution >= 4 is 23.2 Å². The Morgan fingerprint density at radius 1 is 1.18 bits per heavy atom. The molecule has 6 N–H and O–H groups in total. The van der Waals surface area contributed by atoms with Gasteiger partial charge in [0.15, 0.2) is 11.4 Å². The number of phenols is 1. The maximum Gasteiger partial charge on any atom is 0.255 e. The molecule has 218 valence electrons. The van der Waals surface area contributed by atoms with E-state index in [0.717, 1.165) is 0 Å². The molecule has 0 bridgehead atoms. The lowest BCUT2D eigenvalue weighted by Crippen LogP contribution is -2.65. The van der Waals surface area contributed by atoms with E-state index >= 15 is 0 Å². The van der Waals surface area contributed by atoms with Gasteiger partial charge < -0.3 is 30.9 Å². The van der Waals surface area contributed by atoms with E-state index < -0.39 is 58.0 Å². The third kappa shape index (κ3) is 4.18. The first-order chi connectivity index (χ1) is 18.6. The Balaban J connectivity index is 1.90. The fraction of sp³-hybridized carbons (Fsp3) is 0.552. The van der Waals surface area contributed by atoms with Crippen molar-refractivity contribution in [3.63, 3.8) is 0 Å². The number of Topliss-reactive ketones (excluding diaryl/α,β-unsaturated/α-hetero) is 2. The van der Waals surface area contributed by atoms with Crippen LogP contribution in [0.15, 0.2) is 23.0 Å². The van der Waals surface area contributed by atoms with Crippen LogP contribution >= 0.6 is 0 Å². The van der Waals surface area contributed by atoms with E-state index in [9.17, 15) is 34.8 Å². The lowest BCUT2D eigenvalue weighted by Gasteiger charge is -2.50. The van der Waals surface area contributed by atoms with Gasteiger partial charge in [0.1, 0.15) is 28.6 Å². The number of nitrogens with two attached hydrogens (primary N) is 1. The van der Waals surface area contributed by atoms with Crippen molar-refractivity contribution in [3.05, 3.63) is 39.7 Å². The van der Waals surface area contributed by atoms with Gasteiger partial charge in [-0.15, -0.1) is 0 Å². The van der Waals surface area contributed by atoms with Crippen molar-refractivity contribution in [2.24, 2.45) is 23.5 Å². The van der Waals surface area contributed by atoms with Crippen LogP contribution in [0.1, 0.15) is 43.9 Å². The number of hydrogen-bond acceptors (Lipinski definition) is 10. The number of carbonyl (C=O) groups excluding carboxylic acids is 3. The molecule has 0 spiro atoms. The molecule has 0 aromatic heterocycles. The number of ether oxygens (including phenoxy) is 1. The minimum atomic E-state index is -2.67. The maximum atomic E-state index is 13.9. The number of amides is 1. The summed E-state index contributed by atoms with van der Waals surface area (Å²) in [4.78, 5) is 42.9. The summed E-state index contributed by atoms with van der Waals surface area (Å²) in [6.07, 6.45) is 0.187. The van der Waals surface area contributed by atoms with E-state index in [1.54, 1.807) is 14.1 Å². The van der Waals surface area contributed by atoms with Crippen LogP contribution in [-0.4, -0.2) is 93.6 Å². The molecule has 4 rings (SSSR count). The van der Waals surface area contributed by atoms with Crippen LogP contribution in [0.5, 0.6) is 11.5 Å². The number of phenolic OH excluding ortho intramolecular Hbond substituents is 1. The predicted molar refractivity (Wildman–Crippen MR) is 147 cm³/mol. The van der Waals surface area contributed by atoms with Gasteiger partial charge in [-0.05, 0) is 58.8 Å². The van der Waals surface area contributed by atoms with Crippen molar-refractivity contribution in [1.82, 2.24) is 9.80 Å². The fourth-order valence-electron chi connectivity index (χ4n) is 6.65. The normalized spacial score (nSPS) is 27.2. The molecule has 11 heteroatoms. The van der Waals surface area contributed by atoms with Crippen molar-refractivity contribution in [3.8, 4) is 11.5 Å². The highest BCUT2D eigenvalue weighted by molar-refractivity contribution is 6.24. The lowest BCUT2D eigenvalue weighted by atomic mass is 9.57. The summed E-state index contributed by atoms with van der Waals surface area (Å²) < 4.78 is 5.79. The zero-order chi connectivity index (χ0) is 30.0. The predicted octanol–water partition coefficient (Wildman–Crippen LogP) is 1.45. The van der Waals surface area contributed by atoms with E-state index in [1.807, 2.05) is 7.05 Å². The molecule has 0 radical (unpaired) electrons. The second-order valence-corrected chi connectivity index (χ2v) is 11.8. The van der Waals surface area contributed by atoms with E-state index in [2.05, 4.69) is 25.7 Å². The van der Waals surface area contributed by atoms with E-state index in [-0.39, 0.29) is 35.8 Å². The molecule has 3 aliphatic carbocycles. The summed E-state index contributed by atoms with van der Waals surface area (Å²) in [5, 5.41) is 45.1. The van der Waals surface area contributed by atoms with Gasteiger partial charge in [-0.25, -0.2) is 0 Å². The van der Waals surface area contributed by atoms with Crippen LogP contribution in [0, 0.1) is 17.8 Å². The SMILES string of the molecule is COc1c(CN(C)[C@H](C)C(C)C)cc(O)c2c1C[C@H]1C[C@H]3[C@H](N(C)C)C(=O)C(C(N)=O)=C(O)[C@@]3(O)C(=O)C1=C2O. The van der Waals surface area contributed by atoms with Crippen molar-refractivity contribution < 1.29 is 39.5 Å². The summed E-state index contributed by atoms with van der Waals surface area (Å²) in [7, 11) is 6.60.